The highest BCUT2D eigenvalue weighted by molar-refractivity contribution is 5.73. The Morgan fingerprint density at radius 3 is 2.10 bits per heavy atom. The number of nitrogens with zero attached hydrogens (tertiary/aromatic N) is 4. The number of amides is 2. The molecule has 146 valence electrons. The normalized spacial score (nSPS) is 10.6. The van der Waals surface area contributed by atoms with Crippen molar-refractivity contribution in [1.82, 2.24) is 30.2 Å². The van der Waals surface area contributed by atoms with Crippen molar-refractivity contribution in [2.75, 3.05) is 0 Å². The zero-order chi connectivity index (χ0) is 19.9. The van der Waals surface area contributed by atoms with Crippen molar-refractivity contribution in [3.05, 3.63) is 102 Å². The van der Waals surface area contributed by atoms with Gasteiger partial charge in [0.2, 0.25) is 0 Å². The largest absolute Gasteiger partial charge is 0.334 e. The Bertz CT molecular complexity index is 1060. The fourth-order valence-electron chi connectivity index (χ4n) is 2.96. The molecule has 0 spiro atoms. The molecule has 0 aliphatic carbocycles. The molecule has 4 rings (SSSR count). The van der Waals surface area contributed by atoms with Crippen LogP contribution in [0.25, 0.3) is 5.69 Å². The summed E-state index contributed by atoms with van der Waals surface area (Å²) in [7, 11) is 0. The minimum atomic E-state index is -0.228. The lowest BCUT2D eigenvalue weighted by Crippen LogP contribution is -2.34. The van der Waals surface area contributed by atoms with Crippen LogP contribution in [-0.4, -0.2) is 25.6 Å². The lowest BCUT2D eigenvalue weighted by molar-refractivity contribution is 0.240. The van der Waals surface area contributed by atoms with Gasteiger partial charge in [-0.15, -0.1) is 0 Å². The van der Waals surface area contributed by atoms with Crippen molar-refractivity contribution in [2.45, 2.75) is 19.6 Å². The number of urea groups is 1. The molecule has 0 aliphatic rings. The summed E-state index contributed by atoms with van der Waals surface area (Å²) < 4.78 is 3.65. The molecular weight excluding hydrogens is 364 g/mol. The van der Waals surface area contributed by atoms with Gasteiger partial charge in [-0.1, -0.05) is 48.5 Å². The summed E-state index contributed by atoms with van der Waals surface area (Å²) in [4.78, 5) is 12.1. The van der Waals surface area contributed by atoms with Crippen LogP contribution in [0.2, 0.25) is 0 Å². The van der Waals surface area contributed by atoms with E-state index in [0.717, 1.165) is 16.8 Å². The highest BCUT2D eigenvalue weighted by Gasteiger charge is 2.05. The van der Waals surface area contributed by atoms with Crippen LogP contribution in [0.5, 0.6) is 0 Å². The molecular formula is C22H22N6O. The number of hydrogen-bond acceptors (Lipinski definition) is 3. The summed E-state index contributed by atoms with van der Waals surface area (Å²) >= 11 is 0. The van der Waals surface area contributed by atoms with Gasteiger partial charge in [-0.25, -0.2) is 9.48 Å². The van der Waals surface area contributed by atoms with E-state index in [9.17, 15) is 4.79 Å². The molecule has 0 aliphatic heterocycles. The molecule has 29 heavy (non-hydrogen) atoms. The van der Waals surface area contributed by atoms with E-state index in [1.54, 1.807) is 17.1 Å². The van der Waals surface area contributed by atoms with Crippen molar-refractivity contribution in [3.8, 4) is 5.69 Å². The number of benzene rings is 2. The van der Waals surface area contributed by atoms with Crippen molar-refractivity contribution in [3.63, 3.8) is 0 Å². The van der Waals surface area contributed by atoms with Crippen LogP contribution in [0.3, 0.4) is 0 Å². The number of aromatic nitrogens is 4. The summed E-state index contributed by atoms with van der Waals surface area (Å²) in [6.45, 7) is 1.54. The Morgan fingerprint density at radius 2 is 1.38 bits per heavy atom. The molecule has 0 fully saturated rings. The van der Waals surface area contributed by atoms with E-state index >= 15 is 0 Å². The molecule has 0 saturated heterocycles. The first-order valence-electron chi connectivity index (χ1n) is 9.42. The van der Waals surface area contributed by atoms with E-state index in [-0.39, 0.29) is 6.03 Å². The number of nitrogens with one attached hydrogen (secondary N) is 2. The molecule has 4 aromatic rings. The van der Waals surface area contributed by atoms with Crippen molar-refractivity contribution < 1.29 is 4.79 Å². The van der Waals surface area contributed by atoms with Crippen molar-refractivity contribution >= 4 is 6.03 Å². The molecule has 2 heterocycles. The molecule has 7 nitrogen and oxygen atoms in total. The van der Waals surface area contributed by atoms with Gasteiger partial charge in [-0.2, -0.15) is 10.2 Å². The van der Waals surface area contributed by atoms with Crippen LogP contribution < -0.4 is 10.6 Å². The average molecular weight is 386 g/mol. The lowest BCUT2D eigenvalue weighted by atomic mass is 10.2. The van der Waals surface area contributed by atoms with Crippen LogP contribution in [0, 0.1) is 0 Å². The maximum atomic E-state index is 12.1. The third-order valence-corrected chi connectivity index (χ3v) is 4.44. The quantitative estimate of drug-likeness (QED) is 0.512. The molecule has 2 aromatic heterocycles. The predicted octanol–water partition coefficient (Wildman–Crippen LogP) is 3.12. The number of carbonyl (C=O) groups excluding carboxylic acids is 1. The first-order chi connectivity index (χ1) is 14.3. The van der Waals surface area contributed by atoms with Gasteiger partial charge in [0, 0.05) is 36.6 Å². The van der Waals surface area contributed by atoms with Crippen LogP contribution in [0.4, 0.5) is 4.79 Å². The predicted molar refractivity (Wildman–Crippen MR) is 110 cm³/mol. The van der Waals surface area contributed by atoms with Gasteiger partial charge < -0.3 is 10.6 Å². The van der Waals surface area contributed by atoms with E-state index in [1.807, 2.05) is 65.6 Å². The molecule has 2 amide bonds. The fourth-order valence-corrected chi connectivity index (χ4v) is 2.96. The Labute approximate surface area is 169 Å². The first-order valence-corrected chi connectivity index (χ1v) is 9.42. The van der Waals surface area contributed by atoms with Crippen molar-refractivity contribution in [2.24, 2.45) is 0 Å². The summed E-state index contributed by atoms with van der Waals surface area (Å²) in [5.41, 5.74) is 4.05. The van der Waals surface area contributed by atoms with Gasteiger partial charge in [0.15, 0.2) is 0 Å². The summed E-state index contributed by atoms with van der Waals surface area (Å²) in [5, 5.41) is 14.4. The number of hydrogen-bond donors (Lipinski definition) is 2. The number of rotatable bonds is 7. The third kappa shape index (κ3) is 5.10. The summed E-state index contributed by atoms with van der Waals surface area (Å²) in [6, 6.07) is 19.8. The average Bonchev–Trinajstić information content (AvgIpc) is 3.42. The highest BCUT2D eigenvalue weighted by Crippen LogP contribution is 2.07. The van der Waals surface area contributed by atoms with Crippen LogP contribution in [0.15, 0.2) is 85.5 Å². The molecule has 7 heteroatoms. The molecule has 0 unspecified atom stereocenters. The molecule has 2 N–H and O–H groups in total. The van der Waals surface area contributed by atoms with Gasteiger partial charge in [0.25, 0.3) is 0 Å². The lowest BCUT2D eigenvalue weighted by Gasteiger charge is -2.05. The smallest absolute Gasteiger partial charge is 0.315 e. The topological polar surface area (TPSA) is 76.8 Å². The molecule has 2 aromatic carbocycles. The summed E-state index contributed by atoms with van der Waals surface area (Å²) in [6.07, 6.45) is 7.37. The third-order valence-electron chi connectivity index (χ3n) is 4.44. The van der Waals surface area contributed by atoms with E-state index in [0.29, 0.717) is 19.6 Å². The van der Waals surface area contributed by atoms with E-state index < -0.39 is 0 Å². The van der Waals surface area contributed by atoms with E-state index in [1.165, 1.54) is 5.56 Å². The zero-order valence-corrected chi connectivity index (χ0v) is 15.9. The standard InChI is InChI=1S/C22H22N6O/c29-22(24-12-20-14-26-28(17-20)21-9-5-2-6-10-21)23-11-19-13-25-27(16-19)15-18-7-3-1-4-8-18/h1-10,13-14,16-17H,11-12,15H2,(H2,23,24,29). The Balaban J connectivity index is 1.23. The van der Waals surface area contributed by atoms with Crippen LogP contribution in [-0.2, 0) is 19.6 Å². The van der Waals surface area contributed by atoms with Crippen LogP contribution in [0.1, 0.15) is 16.7 Å². The minimum absolute atomic E-state index is 0.228. The van der Waals surface area contributed by atoms with Gasteiger partial charge in [-0.3, -0.25) is 4.68 Å². The second kappa shape index (κ2) is 8.88. The molecule has 0 atom stereocenters. The van der Waals surface area contributed by atoms with Crippen molar-refractivity contribution in [1.29, 1.82) is 0 Å². The van der Waals surface area contributed by atoms with E-state index in [2.05, 4.69) is 33.0 Å². The second-order valence-electron chi connectivity index (χ2n) is 6.70. The Morgan fingerprint density at radius 1 is 0.759 bits per heavy atom. The molecule has 0 bridgehead atoms. The Kier molecular flexibility index (Phi) is 5.66. The molecule has 0 radical (unpaired) electrons. The Hall–Kier alpha value is -3.87. The number of para-hydroxylation sites is 1. The van der Waals surface area contributed by atoms with Crippen LogP contribution >= 0.6 is 0 Å². The minimum Gasteiger partial charge on any atom is -0.334 e. The first kappa shape index (κ1) is 18.5. The maximum Gasteiger partial charge on any atom is 0.315 e. The monoisotopic (exact) mass is 386 g/mol. The SMILES string of the molecule is O=C(NCc1cnn(Cc2ccccc2)c1)NCc1cnn(-c2ccccc2)c1. The molecule has 0 saturated carbocycles. The fraction of sp³-hybridized carbons (Fsp3) is 0.136. The second-order valence-corrected chi connectivity index (χ2v) is 6.70. The zero-order valence-electron chi connectivity index (χ0n) is 15.9. The number of carbonyl (C=O) groups is 1. The van der Waals surface area contributed by atoms with E-state index in [4.69, 9.17) is 0 Å². The van der Waals surface area contributed by atoms with Gasteiger partial charge in [0.1, 0.15) is 0 Å². The van der Waals surface area contributed by atoms with Gasteiger partial charge in [-0.05, 0) is 17.7 Å². The highest BCUT2D eigenvalue weighted by atomic mass is 16.2. The van der Waals surface area contributed by atoms with Gasteiger partial charge >= 0.3 is 6.03 Å². The maximum absolute atomic E-state index is 12.1. The van der Waals surface area contributed by atoms with Gasteiger partial charge in [0.05, 0.1) is 24.6 Å². The summed E-state index contributed by atoms with van der Waals surface area (Å²) in [5.74, 6) is 0.